The Balaban J connectivity index is 1.64. The van der Waals surface area contributed by atoms with Crippen LogP contribution in [0, 0.1) is 0 Å². The summed E-state index contributed by atoms with van der Waals surface area (Å²) in [5, 5.41) is 3.63. The second-order valence-electron chi connectivity index (χ2n) is 6.18. The van der Waals surface area contributed by atoms with E-state index in [1.165, 1.54) is 63.7 Å². The monoisotopic (exact) mass is 258 g/mol. The molecular formula is C17H26N2. The van der Waals surface area contributed by atoms with Crippen molar-refractivity contribution in [3.8, 4) is 0 Å². The number of nitrogens with one attached hydrogen (secondary N) is 1. The van der Waals surface area contributed by atoms with E-state index in [-0.39, 0.29) is 0 Å². The van der Waals surface area contributed by atoms with Gasteiger partial charge in [-0.2, -0.15) is 0 Å². The molecule has 0 amide bonds. The van der Waals surface area contributed by atoms with Gasteiger partial charge in [0.05, 0.1) is 0 Å². The Labute approximate surface area is 117 Å². The third-order valence-electron chi connectivity index (χ3n) is 4.98. The maximum atomic E-state index is 3.63. The average molecular weight is 258 g/mol. The number of nitrogens with zero attached hydrogens (tertiary/aromatic N) is 1. The Kier molecular flexibility index (Phi) is 4.19. The molecule has 0 unspecified atom stereocenters. The highest BCUT2D eigenvalue weighted by atomic mass is 15.3. The lowest BCUT2D eigenvalue weighted by Gasteiger charge is -2.50. The standard InChI is InChI=1S/C17H26N2/c1-3-7-16(8-4-1)9-13-19-14-12-18-15-17(19)10-5-2-6-11-17/h1,3-4,7-8,18H,2,5-6,9-15H2. The molecule has 2 fully saturated rings. The van der Waals surface area contributed by atoms with Crippen molar-refractivity contribution in [2.24, 2.45) is 0 Å². The minimum absolute atomic E-state index is 0.477. The fourth-order valence-electron chi connectivity index (χ4n) is 3.84. The molecule has 1 aromatic carbocycles. The second-order valence-corrected chi connectivity index (χ2v) is 6.18. The lowest BCUT2D eigenvalue weighted by Crippen LogP contribution is -2.62. The zero-order chi connectivity index (χ0) is 13.0. The molecule has 1 aromatic rings. The molecule has 3 rings (SSSR count). The van der Waals surface area contributed by atoms with E-state index in [4.69, 9.17) is 0 Å². The van der Waals surface area contributed by atoms with E-state index >= 15 is 0 Å². The van der Waals surface area contributed by atoms with Gasteiger partial charge in [0.25, 0.3) is 0 Å². The van der Waals surface area contributed by atoms with Crippen LogP contribution in [0.4, 0.5) is 0 Å². The van der Waals surface area contributed by atoms with E-state index in [1.807, 2.05) is 0 Å². The van der Waals surface area contributed by atoms with Crippen LogP contribution in [0.25, 0.3) is 0 Å². The topological polar surface area (TPSA) is 15.3 Å². The van der Waals surface area contributed by atoms with E-state index in [9.17, 15) is 0 Å². The lowest BCUT2D eigenvalue weighted by atomic mass is 9.79. The van der Waals surface area contributed by atoms with Gasteiger partial charge in [-0.25, -0.2) is 0 Å². The zero-order valence-electron chi connectivity index (χ0n) is 11.9. The Morgan fingerprint density at radius 1 is 1.05 bits per heavy atom. The van der Waals surface area contributed by atoms with Crippen LogP contribution in [0.5, 0.6) is 0 Å². The van der Waals surface area contributed by atoms with Crippen molar-refractivity contribution < 1.29 is 0 Å². The van der Waals surface area contributed by atoms with Gasteiger partial charge in [0.1, 0.15) is 0 Å². The van der Waals surface area contributed by atoms with Crippen LogP contribution in [0.2, 0.25) is 0 Å². The van der Waals surface area contributed by atoms with Gasteiger partial charge in [-0.05, 0) is 24.8 Å². The summed E-state index contributed by atoms with van der Waals surface area (Å²) in [6.45, 7) is 4.83. The van der Waals surface area contributed by atoms with Crippen LogP contribution >= 0.6 is 0 Å². The third-order valence-corrected chi connectivity index (χ3v) is 4.98. The molecule has 1 heterocycles. The predicted octanol–water partition coefficient (Wildman–Crippen LogP) is 2.84. The average Bonchev–Trinajstić information content (AvgIpc) is 2.48. The van der Waals surface area contributed by atoms with Crippen molar-refractivity contribution in [3.05, 3.63) is 35.9 Å². The van der Waals surface area contributed by atoms with Crippen LogP contribution in [0.15, 0.2) is 30.3 Å². The van der Waals surface area contributed by atoms with Gasteiger partial charge >= 0.3 is 0 Å². The summed E-state index contributed by atoms with van der Waals surface area (Å²) in [7, 11) is 0. The molecule has 0 aromatic heterocycles. The molecule has 1 N–H and O–H groups in total. The number of hydrogen-bond acceptors (Lipinski definition) is 2. The first-order valence-electron chi connectivity index (χ1n) is 7.89. The SMILES string of the molecule is c1ccc(CCN2CCNCC23CCCCC3)cc1. The highest BCUT2D eigenvalue weighted by Gasteiger charge is 2.39. The molecule has 2 nitrogen and oxygen atoms in total. The molecule has 1 spiro atoms. The molecule has 1 aliphatic carbocycles. The molecule has 0 bridgehead atoms. The summed E-state index contributed by atoms with van der Waals surface area (Å²) in [5.74, 6) is 0. The normalized spacial score (nSPS) is 23.6. The first-order valence-corrected chi connectivity index (χ1v) is 7.89. The molecule has 2 aliphatic rings. The Morgan fingerprint density at radius 2 is 1.84 bits per heavy atom. The maximum Gasteiger partial charge on any atom is 0.0334 e. The molecule has 1 saturated heterocycles. The lowest BCUT2D eigenvalue weighted by molar-refractivity contribution is 0.0286. The van der Waals surface area contributed by atoms with E-state index in [2.05, 4.69) is 40.5 Å². The highest BCUT2D eigenvalue weighted by Crippen LogP contribution is 2.34. The van der Waals surface area contributed by atoms with Crippen molar-refractivity contribution in [2.45, 2.75) is 44.1 Å². The van der Waals surface area contributed by atoms with Crippen molar-refractivity contribution in [3.63, 3.8) is 0 Å². The van der Waals surface area contributed by atoms with E-state index in [1.54, 1.807) is 0 Å². The van der Waals surface area contributed by atoms with E-state index < -0.39 is 0 Å². The van der Waals surface area contributed by atoms with Crippen molar-refractivity contribution in [1.82, 2.24) is 10.2 Å². The minimum atomic E-state index is 0.477. The summed E-state index contributed by atoms with van der Waals surface area (Å²) < 4.78 is 0. The number of rotatable bonds is 3. The number of piperazine rings is 1. The Morgan fingerprint density at radius 3 is 2.63 bits per heavy atom. The highest BCUT2D eigenvalue weighted by molar-refractivity contribution is 5.15. The fourth-order valence-corrected chi connectivity index (χ4v) is 3.84. The third kappa shape index (κ3) is 3.01. The quantitative estimate of drug-likeness (QED) is 0.897. The maximum absolute atomic E-state index is 3.63. The van der Waals surface area contributed by atoms with Crippen LogP contribution in [0.1, 0.15) is 37.7 Å². The summed E-state index contributed by atoms with van der Waals surface area (Å²) >= 11 is 0. The largest absolute Gasteiger partial charge is 0.314 e. The Hall–Kier alpha value is -0.860. The zero-order valence-corrected chi connectivity index (χ0v) is 11.9. The van der Waals surface area contributed by atoms with Crippen molar-refractivity contribution in [2.75, 3.05) is 26.2 Å². The summed E-state index contributed by atoms with van der Waals surface area (Å²) in [6, 6.07) is 10.9. The van der Waals surface area contributed by atoms with Crippen LogP contribution in [0.3, 0.4) is 0 Å². The summed E-state index contributed by atoms with van der Waals surface area (Å²) in [5.41, 5.74) is 1.96. The first kappa shape index (κ1) is 13.1. The molecule has 0 radical (unpaired) electrons. The smallest absolute Gasteiger partial charge is 0.0334 e. The summed E-state index contributed by atoms with van der Waals surface area (Å²) in [6.07, 6.45) is 8.27. The van der Waals surface area contributed by atoms with Crippen LogP contribution in [-0.4, -0.2) is 36.6 Å². The van der Waals surface area contributed by atoms with Gasteiger partial charge in [0.2, 0.25) is 0 Å². The molecule has 0 atom stereocenters. The number of hydrogen-bond donors (Lipinski definition) is 1. The van der Waals surface area contributed by atoms with Crippen LogP contribution < -0.4 is 5.32 Å². The van der Waals surface area contributed by atoms with Crippen LogP contribution in [-0.2, 0) is 6.42 Å². The van der Waals surface area contributed by atoms with E-state index in [0.29, 0.717) is 5.54 Å². The van der Waals surface area contributed by atoms with Gasteiger partial charge in [-0.15, -0.1) is 0 Å². The minimum Gasteiger partial charge on any atom is -0.314 e. The van der Waals surface area contributed by atoms with Crippen molar-refractivity contribution in [1.29, 1.82) is 0 Å². The molecule has 19 heavy (non-hydrogen) atoms. The first-order chi connectivity index (χ1) is 9.39. The Bertz CT molecular complexity index is 373. The molecule has 104 valence electrons. The molecule has 1 aliphatic heterocycles. The number of benzene rings is 1. The second kappa shape index (κ2) is 6.06. The van der Waals surface area contributed by atoms with Gasteiger partial charge in [0.15, 0.2) is 0 Å². The van der Waals surface area contributed by atoms with Gasteiger partial charge < -0.3 is 5.32 Å². The van der Waals surface area contributed by atoms with Crippen molar-refractivity contribution >= 4 is 0 Å². The molecule has 2 heteroatoms. The van der Waals surface area contributed by atoms with Gasteiger partial charge in [-0.3, -0.25) is 4.90 Å². The van der Waals surface area contributed by atoms with Gasteiger partial charge in [0, 0.05) is 31.7 Å². The molecule has 1 saturated carbocycles. The van der Waals surface area contributed by atoms with Gasteiger partial charge in [-0.1, -0.05) is 49.6 Å². The van der Waals surface area contributed by atoms with E-state index in [0.717, 1.165) is 6.54 Å². The molecular weight excluding hydrogens is 232 g/mol. The summed E-state index contributed by atoms with van der Waals surface area (Å²) in [4.78, 5) is 2.79. The fraction of sp³-hybridized carbons (Fsp3) is 0.647. The predicted molar refractivity (Wildman–Crippen MR) is 80.4 cm³/mol.